The largest absolute Gasteiger partial charge is 0.454 e. The summed E-state index contributed by atoms with van der Waals surface area (Å²) < 4.78 is 59.2. The maximum atomic E-state index is 13.0. The Labute approximate surface area is 436 Å². The Morgan fingerprint density at radius 1 is 0.487 bits per heavy atom. The van der Waals surface area contributed by atoms with E-state index < -0.39 is 215 Å². The molecule has 0 radical (unpaired) electrons. The Bertz CT molecular complexity index is 1850. The number of allylic oxidation sites excluding steroid dienone is 1. The molecule has 438 valence electrons. The second kappa shape index (κ2) is 26.0. The summed E-state index contributed by atoms with van der Waals surface area (Å²) in [6.07, 6.45) is -36.9. The molecule has 17 N–H and O–H groups in total. The quantitative estimate of drug-likeness (QED) is 0.0535. The lowest BCUT2D eigenvalue weighted by molar-refractivity contribution is -0.369. The number of aliphatic hydroxyl groups is 17. The van der Waals surface area contributed by atoms with Crippen LogP contribution < -0.4 is 0 Å². The number of rotatable bonds is 15. The van der Waals surface area contributed by atoms with Crippen LogP contribution >= 0.6 is 0 Å². The minimum atomic E-state index is -1.96. The Balaban J connectivity index is 0.875. The highest BCUT2D eigenvalue weighted by molar-refractivity contribution is 5.82. The van der Waals surface area contributed by atoms with Gasteiger partial charge in [-0.15, -0.1) is 0 Å². The molecule has 28 heteroatoms. The molecule has 8 fully saturated rings. The average Bonchev–Trinajstić information content (AvgIpc) is 3.40. The Kier molecular flexibility index (Phi) is 20.6. The third-order valence-corrected chi connectivity index (χ3v) is 16.5. The first-order chi connectivity index (χ1) is 36.1. The number of carbonyl (C=O) groups is 1. The summed E-state index contributed by atoms with van der Waals surface area (Å²) in [4.78, 5) is 13.0. The van der Waals surface area contributed by atoms with Crippen LogP contribution in [0.2, 0.25) is 0 Å². The van der Waals surface area contributed by atoms with E-state index in [4.69, 9.17) is 47.4 Å². The summed E-state index contributed by atoms with van der Waals surface area (Å²) >= 11 is 0. The number of carbonyl (C=O) groups excluding carboxylic acids is 1. The van der Waals surface area contributed by atoms with Crippen LogP contribution in [0.3, 0.4) is 0 Å². The average molecular weight is 1100 g/mol. The molecule has 28 atom stereocenters. The van der Waals surface area contributed by atoms with Gasteiger partial charge >= 0.3 is 5.97 Å². The van der Waals surface area contributed by atoms with E-state index in [1.54, 1.807) is 6.08 Å². The van der Waals surface area contributed by atoms with Crippen molar-refractivity contribution in [2.75, 3.05) is 19.8 Å². The molecule has 0 bridgehead atoms. The van der Waals surface area contributed by atoms with Crippen LogP contribution in [0, 0.1) is 17.8 Å². The molecule has 8 rings (SSSR count). The molecule has 76 heavy (non-hydrogen) atoms. The molecule has 5 aliphatic heterocycles. The van der Waals surface area contributed by atoms with Crippen molar-refractivity contribution in [3.8, 4) is 0 Å². The molecule has 8 aliphatic rings. The highest BCUT2D eigenvalue weighted by atomic mass is 16.8. The molecule has 5 heterocycles. The van der Waals surface area contributed by atoms with Crippen molar-refractivity contribution in [2.45, 2.75) is 242 Å². The first kappa shape index (κ1) is 60.3. The van der Waals surface area contributed by atoms with E-state index in [2.05, 4.69) is 0 Å². The molecule has 0 amide bonds. The van der Waals surface area contributed by atoms with Gasteiger partial charge in [0.15, 0.2) is 31.3 Å². The van der Waals surface area contributed by atoms with Crippen LogP contribution in [0.4, 0.5) is 0 Å². The molecule has 0 aromatic carbocycles. The highest BCUT2D eigenvalue weighted by Crippen LogP contribution is 2.45. The van der Waals surface area contributed by atoms with Crippen LogP contribution in [0.25, 0.3) is 0 Å². The van der Waals surface area contributed by atoms with Crippen molar-refractivity contribution in [3.63, 3.8) is 0 Å². The van der Waals surface area contributed by atoms with Crippen molar-refractivity contribution in [1.29, 1.82) is 0 Å². The maximum Gasteiger partial charge on any atom is 0.330 e. The van der Waals surface area contributed by atoms with Gasteiger partial charge in [0.2, 0.25) is 0 Å². The number of aliphatic hydroxyl groups excluding tert-OH is 17. The summed E-state index contributed by atoms with van der Waals surface area (Å²) in [6.45, 7) is -0.770. The van der Waals surface area contributed by atoms with Crippen LogP contribution in [0.5, 0.6) is 0 Å². The van der Waals surface area contributed by atoms with Gasteiger partial charge in [-0.1, -0.05) is 6.08 Å². The van der Waals surface area contributed by atoms with E-state index >= 15 is 0 Å². The van der Waals surface area contributed by atoms with E-state index in [0.717, 1.165) is 0 Å². The van der Waals surface area contributed by atoms with Gasteiger partial charge in [0.05, 0.1) is 74.8 Å². The molecule has 28 unspecified atom stereocenters. The lowest BCUT2D eigenvalue weighted by Gasteiger charge is -2.53. The molecular weight excluding hydrogens is 1020 g/mol. The fraction of sp³-hybridized carbons (Fsp3) is 0.938. The van der Waals surface area contributed by atoms with Crippen molar-refractivity contribution in [3.05, 3.63) is 12.2 Å². The number of ether oxygens (including phenoxy) is 10. The van der Waals surface area contributed by atoms with Gasteiger partial charge in [-0.2, -0.15) is 0 Å². The second-order valence-corrected chi connectivity index (χ2v) is 21.7. The number of hydrogen-bond donors (Lipinski definition) is 17. The fourth-order valence-electron chi connectivity index (χ4n) is 12.1. The molecule has 5 saturated heterocycles. The molecule has 3 saturated carbocycles. The summed E-state index contributed by atoms with van der Waals surface area (Å²) in [7, 11) is 0. The smallest absolute Gasteiger partial charge is 0.330 e. The number of esters is 1. The summed E-state index contributed by atoms with van der Waals surface area (Å²) in [5.74, 6) is -2.38. The standard InChI is InChI=1S/C48H78O28/c1-16-42(75-30(55)7-4-17-2-5-20(6-3-17)68-46-38(63)34(59)32(57)27(13-49)72-46)36(61)40(65)45(67-16)76-44-29(15-51)74-48(41(66)37(44)62)71-26-12-21-24(69-43(26)18-8-22(53)31(56)23(54)9-18)10-19(52)11-25(21)70-47-39(64)35(60)33(58)28(14-50)73-47/h4,7,16-29,31-54,56-66H,2-3,5-6,8-15H2,1H3. The third-order valence-electron chi connectivity index (χ3n) is 16.5. The van der Waals surface area contributed by atoms with E-state index in [1.165, 1.54) is 13.0 Å². The lowest BCUT2D eigenvalue weighted by Crippen LogP contribution is -2.65. The highest BCUT2D eigenvalue weighted by Gasteiger charge is 2.56. The number of fused-ring (bicyclic) bond motifs is 1. The minimum Gasteiger partial charge on any atom is -0.454 e. The molecule has 0 spiro atoms. The molecule has 28 nitrogen and oxygen atoms in total. The molecule has 3 aliphatic carbocycles. The maximum absolute atomic E-state index is 13.0. The van der Waals surface area contributed by atoms with Gasteiger partial charge < -0.3 is 134 Å². The van der Waals surface area contributed by atoms with Gasteiger partial charge in [0.1, 0.15) is 91.6 Å². The van der Waals surface area contributed by atoms with E-state index in [1.807, 2.05) is 0 Å². The second-order valence-electron chi connectivity index (χ2n) is 21.7. The monoisotopic (exact) mass is 1100 g/mol. The summed E-state index contributed by atoms with van der Waals surface area (Å²) in [5.41, 5.74) is 0. The molecule has 0 aromatic heterocycles. The predicted octanol–water partition coefficient (Wildman–Crippen LogP) is -7.89. The van der Waals surface area contributed by atoms with Crippen LogP contribution in [0.1, 0.15) is 64.7 Å². The van der Waals surface area contributed by atoms with Crippen molar-refractivity contribution < 1.29 is 139 Å². The Morgan fingerprint density at radius 3 is 1.55 bits per heavy atom. The topological polar surface area (TPSA) is 453 Å². The minimum absolute atomic E-state index is 0.0191. The molecule has 0 aromatic rings. The van der Waals surface area contributed by atoms with E-state index in [-0.39, 0.29) is 38.0 Å². The SMILES string of the molecule is CC1OC(OC2C(CO)OC(OC3CC4C(OC5OC(CO)C(O)C(O)C5O)CC(O)CC4OC3C3CC(O)C(O)C(O)C3)C(O)C2O)C(O)C(O)C1OC(=O)C=CC1CCC(OC2OC(CO)C(O)C(O)C2O)CC1. The number of hydrogen-bond acceptors (Lipinski definition) is 28. The summed E-state index contributed by atoms with van der Waals surface area (Å²) in [6, 6.07) is 0. The van der Waals surface area contributed by atoms with Gasteiger partial charge in [-0.05, 0) is 70.1 Å². The van der Waals surface area contributed by atoms with Gasteiger partial charge in [0, 0.05) is 18.4 Å². The van der Waals surface area contributed by atoms with Crippen LogP contribution in [0.15, 0.2) is 12.2 Å². The Hall–Kier alpha value is -1.83. The van der Waals surface area contributed by atoms with Gasteiger partial charge in [-0.3, -0.25) is 0 Å². The van der Waals surface area contributed by atoms with Crippen LogP contribution in [-0.2, 0) is 52.2 Å². The fourth-order valence-corrected chi connectivity index (χ4v) is 12.1. The van der Waals surface area contributed by atoms with Gasteiger partial charge in [0.25, 0.3) is 0 Å². The van der Waals surface area contributed by atoms with Crippen molar-refractivity contribution in [1.82, 2.24) is 0 Å². The first-order valence-electron chi connectivity index (χ1n) is 26.3. The normalized spacial score (nSPS) is 52.5. The zero-order valence-corrected chi connectivity index (χ0v) is 41.7. The summed E-state index contributed by atoms with van der Waals surface area (Å²) in [5, 5.41) is 180. The third kappa shape index (κ3) is 13.1. The van der Waals surface area contributed by atoms with Crippen LogP contribution in [-0.4, -0.2) is 290 Å². The zero-order valence-electron chi connectivity index (χ0n) is 41.7. The first-order valence-corrected chi connectivity index (χ1v) is 26.3. The van der Waals surface area contributed by atoms with Gasteiger partial charge in [-0.25, -0.2) is 4.79 Å². The van der Waals surface area contributed by atoms with E-state index in [9.17, 15) is 91.6 Å². The predicted molar refractivity (Wildman–Crippen MR) is 245 cm³/mol. The lowest BCUT2D eigenvalue weighted by atomic mass is 9.72. The Morgan fingerprint density at radius 2 is 0.987 bits per heavy atom. The molecular formula is C48H78O28. The van der Waals surface area contributed by atoms with E-state index in [0.29, 0.717) is 25.7 Å². The van der Waals surface area contributed by atoms with Crippen molar-refractivity contribution >= 4 is 5.97 Å². The zero-order chi connectivity index (χ0) is 55.0. The van der Waals surface area contributed by atoms with Crippen molar-refractivity contribution in [2.24, 2.45) is 17.8 Å².